The lowest BCUT2D eigenvalue weighted by Gasteiger charge is -2.21. The molecule has 1 aromatic heterocycles. The lowest BCUT2D eigenvalue weighted by Crippen LogP contribution is -2.36. The van der Waals surface area contributed by atoms with Crippen molar-refractivity contribution in [1.82, 2.24) is 20.0 Å². The molecule has 1 atom stereocenters. The zero-order valence-electron chi connectivity index (χ0n) is 12.8. The first-order valence-corrected chi connectivity index (χ1v) is 7.34. The Balaban J connectivity index is 2.57. The molecule has 19 heavy (non-hydrogen) atoms. The summed E-state index contributed by atoms with van der Waals surface area (Å²) < 4.78 is 1.88. The first-order valence-electron chi connectivity index (χ1n) is 7.34. The Labute approximate surface area is 117 Å². The Hall–Kier alpha value is -0.910. The fourth-order valence-corrected chi connectivity index (χ4v) is 2.38. The second-order valence-corrected chi connectivity index (χ2v) is 4.83. The maximum absolute atomic E-state index is 5.91. The minimum absolute atomic E-state index is 0.208. The zero-order valence-corrected chi connectivity index (χ0v) is 12.8. The van der Waals surface area contributed by atoms with Crippen molar-refractivity contribution in [2.24, 2.45) is 12.8 Å². The summed E-state index contributed by atoms with van der Waals surface area (Å²) in [6.45, 7) is 11.3. The molecule has 0 aromatic carbocycles. The lowest BCUT2D eigenvalue weighted by atomic mass is 10.1. The van der Waals surface area contributed by atoms with Gasteiger partial charge in [-0.1, -0.05) is 20.8 Å². The number of aryl methyl sites for hydroxylation is 2. The molecule has 0 fully saturated rings. The highest BCUT2D eigenvalue weighted by Crippen LogP contribution is 2.16. The van der Waals surface area contributed by atoms with E-state index in [1.807, 2.05) is 11.7 Å². The number of rotatable bonds is 9. The third kappa shape index (κ3) is 4.60. The molecule has 1 aromatic rings. The van der Waals surface area contributed by atoms with E-state index in [1.54, 1.807) is 0 Å². The van der Waals surface area contributed by atoms with Gasteiger partial charge >= 0.3 is 0 Å². The van der Waals surface area contributed by atoms with Gasteiger partial charge in [-0.2, -0.15) is 5.10 Å². The van der Waals surface area contributed by atoms with Crippen LogP contribution in [0.4, 0.5) is 0 Å². The van der Waals surface area contributed by atoms with E-state index in [-0.39, 0.29) is 6.04 Å². The maximum Gasteiger partial charge on any atom is 0.0670 e. The zero-order chi connectivity index (χ0) is 14.3. The van der Waals surface area contributed by atoms with Gasteiger partial charge in [0, 0.05) is 44.5 Å². The highest BCUT2D eigenvalue weighted by Gasteiger charge is 2.15. The smallest absolute Gasteiger partial charge is 0.0670 e. The van der Waals surface area contributed by atoms with Crippen LogP contribution in [0.5, 0.6) is 0 Å². The molecule has 0 aliphatic rings. The van der Waals surface area contributed by atoms with E-state index in [0.29, 0.717) is 6.54 Å². The summed E-state index contributed by atoms with van der Waals surface area (Å²) in [4.78, 5) is 2.41. The van der Waals surface area contributed by atoms with Gasteiger partial charge in [0.1, 0.15) is 0 Å². The summed E-state index contributed by atoms with van der Waals surface area (Å²) in [5.74, 6) is 0. The molecular weight excluding hydrogens is 238 g/mol. The summed E-state index contributed by atoms with van der Waals surface area (Å²) >= 11 is 0. The van der Waals surface area contributed by atoms with Crippen molar-refractivity contribution in [1.29, 1.82) is 0 Å². The van der Waals surface area contributed by atoms with Crippen LogP contribution in [-0.2, 0) is 13.5 Å². The third-order valence-electron chi connectivity index (χ3n) is 3.60. The Bertz CT molecular complexity index is 357. The van der Waals surface area contributed by atoms with Crippen LogP contribution in [0.15, 0.2) is 6.20 Å². The minimum atomic E-state index is 0.208. The summed E-state index contributed by atoms with van der Waals surface area (Å²) in [5, 5.41) is 8.04. The van der Waals surface area contributed by atoms with Crippen molar-refractivity contribution in [2.45, 2.75) is 33.2 Å². The predicted octanol–water partition coefficient (Wildman–Crippen LogP) is 0.914. The monoisotopic (exact) mass is 267 g/mol. The Morgan fingerprint density at radius 3 is 2.58 bits per heavy atom. The van der Waals surface area contributed by atoms with Crippen LogP contribution < -0.4 is 11.1 Å². The summed E-state index contributed by atoms with van der Waals surface area (Å²) in [6.07, 6.45) is 3.03. The van der Waals surface area contributed by atoms with Crippen molar-refractivity contribution < 1.29 is 0 Å². The molecule has 1 unspecified atom stereocenters. The van der Waals surface area contributed by atoms with E-state index in [0.717, 1.165) is 38.3 Å². The Morgan fingerprint density at radius 2 is 2.05 bits per heavy atom. The molecule has 1 heterocycles. The summed E-state index contributed by atoms with van der Waals surface area (Å²) in [7, 11) is 1.96. The average Bonchev–Trinajstić information content (AvgIpc) is 2.80. The van der Waals surface area contributed by atoms with Gasteiger partial charge in [0.15, 0.2) is 0 Å². The highest BCUT2D eigenvalue weighted by molar-refractivity contribution is 5.21. The maximum atomic E-state index is 5.91. The number of nitrogens with two attached hydrogens (primary N) is 1. The number of hydrogen-bond donors (Lipinski definition) is 2. The highest BCUT2D eigenvalue weighted by atomic mass is 15.3. The topological polar surface area (TPSA) is 59.1 Å². The van der Waals surface area contributed by atoms with E-state index in [9.17, 15) is 0 Å². The normalized spacial score (nSPS) is 13.2. The molecule has 0 saturated heterocycles. The van der Waals surface area contributed by atoms with Crippen LogP contribution in [0.1, 0.15) is 38.1 Å². The van der Waals surface area contributed by atoms with Crippen LogP contribution in [0.3, 0.4) is 0 Å². The van der Waals surface area contributed by atoms with Crippen LogP contribution >= 0.6 is 0 Å². The molecule has 1 rings (SSSR count). The molecule has 5 heteroatoms. The molecule has 0 bridgehead atoms. The van der Waals surface area contributed by atoms with E-state index >= 15 is 0 Å². The third-order valence-corrected chi connectivity index (χ3v) is 3.60. The van der Waals surface area contributed by atoms with Crippen molar-refractivity contribution in [2.75, 3.05) is 32.7 Å². The van der Waals surface area contributed by atoms with Crippen LogP contribution in [0.2, 0.25) is 0 Å². The summed E-state index contributed by atoms with van der Waals surface area (Å²) in [6, 6.07) is 0.208. The Kier molecular flexibility index (Phi) is 7.05. The van der Waals surface area contributed by atoms with Gasteiger partial charge in [0.2, 0.25) is 0 Å². The van der Waals surface area contributed by atoms with Crippen LogP contribution in [0.25, 0.3) is 0 Å². The Morgan fingerprint density at radius 1 is 1.37 bits per heavy atom. The van der Waals surface area contributed by atoms with Gasteiger partial charge in [-0.25, -0.2) is 0 Å². The molecule has 0 spiro atoms. The van der Waals surface area contributed by atoms with E-state index in [4.69, 9.17) is 5.73 Å². The molecule has 0 aliphatic carbocycles. The van der Waals surface area contributed by atoms with Gasteiger partial charge in [-0.05, 0) is 19.5 Å². The summed E-state index contributed by atoms with van der Waals surface area (Å²) in [5.41, 5.74) is 8.30. The van der Waals surface area contributed by atoms with Crippen molar-refractivity contribution in [3.8, 4) is 0 Å². The fraction of sp³-hybridized carbons (Fsp3) is 0.786. The van der Waals surface area contributed by atoms with E-state index in [1.165, 1.54) is 5.56 Å². The van der Waals surface area contributed by atoms with Crippen molar-refractivity contribution in [3.63, 3.8) is 0 Å². The molecule has 0 saturated carbocycles. The molecule has 0 radical (unpaired) electrons. The van der Waals surface area contributed by atoms with Gasteiger partial charge in [0.05, 0.1) is 5.69 Å². The number of nitrogens with one attached hydrogen (secondary N) is 1. The molecule has 0 amide bonds. The number of aromatic nitrogens is 2. The van der Waals surface area contributed by atoms with Gasteiger partial charge in [0.25, 0.3) is 0 Å². The van der Waals surface area contributed by atoms with Crippen molar-refractivity contribution in [3.05, 3.63) is 17.5 Å². The fourth-order valence-electron chi connectivity index (χ4n) is 2.38. The van der Waals surface area contributed by atoms with Gasteiger partial charge < -0.3 is 16.0 Å². The molecule has 110 valence electrons. The molecule has 0 aliphatic heterocycles. The molecule has 3 N–H and O–H groups in total. The SMILES string of the molecule is CCc1nn(C)cc1C(CN)NCCN(CC)CC. The average molecular weight is 267 g/mol. The lowest BCUT2D eigenvalue weighted by molar-refractivity contribution is 0.296. The number of nitrogens with zero attached hydrogens (tertiary/aromatic N) is 3. The van der Waals surface area contributed by atoms with E-state index in [2.05, 4.69) is 42.3 Å². The second kappa shape index (κ2) is 8.30. The standard InChI is InChI=1S/C14H29N5/c1-5-13-12(11-18(4)17-13)14(10-15)16-8-9-19(6-2)7-3/h11,14,16H,5-10,15H2,1-4H3. The minimum Gasteiger partial charge on any atom is -0.329 e. The largest absolute Gasteiger partial charge is 0.329 e. The number of hydrogen-bond acceptors (Lipinski definition) is 4. The van der Waals surface area contributed by atoms with E-state index < -0.39 is 0 Å². The predicted molar refractivity (Wildman–Crippen MR) is 80.2 cm³/mol. The molecular formula is C14H29N5. The van der Waals surface area contributed by atoms with Crippen molar-refractivity contribution >= 4 is 0 Å². The first-order chi connectivity index (χ1) is 9.15. The van der Waals surface area contributed by atoms with Gasteiger partial charge in [-0.3, -0.25) is 4.68 Å². The van der Waals surface area contributed by atoms with Gasteiger partial charge in [-0.15, -0.1) is 0 Å². The second-order valence-electron chi connectivity index (χ2n) is 4.83. The van der Waals surface area contributed by atoms with Crippen LogP contribution in [-0.4, -0.2) is 47.4 Å². The quantitative estimate of drug-likeness (QED) is 0.698. The van der Waals surface area contributed by atoms with Crippen LogP contribution in [0, 0.1) is 0 Å². The first kappa shape index (κ1) is 16.1. The number of likely N-dealkylation sites (N-methyl/N-ethyl adjacent to an activating group) is 1. The molecule has 5 nitrogen and oxygen atoms in total.